The highest BCUT2D eigenvalue weighted by molar-refractivity contribution is 8.00. The first-order valence-electron chi connectivity index (χ1n) is 6.88. The lowest BCUT2D eigenvalue weighted by Crippen LogP contribution is -2.14. The third-order valence-electron chi connectivity index (χ3n) is 2.95. The summed E-state index contributed by atoms with van der Waals surface area (Å²) >= 11 is 13.4. The average molecular weight is 380 g/mol. The molecule has 1 heterocycles. The molecule has 24 heavy (non-hydrogen) atoms. The molecule has 0 radical (unpaired) electrons. The Balaban J connectivity index is 1.62. The zero-order valence-corrected chi connectivity index (χ0v) is 14.5. The molecule has 0 atom stereocenters. The van der Waals surface area contributed by atoms with E-state index in [0.717, 1.165) is 4.90 Å². The van der Waals surface area contributed by atoms with Gasteiger partial charge in [0.25, 0.3) is 5.89 Å². The number of rotatable bonds is 5. The van der Waals surface area contributed by atoms with Crippen LogP contribution >= 0.6 is 35.0 Å². The van der Waals surface area contributed by atoms with Crippen molar-refractivity contribution in [3.63, 3.8) is 0 Å². The zero-order chi connectivity index (χ0) is 16.9. The third-order valence-corrected chi connectivity index (χ3v) is 4.51. The summed E-state index contributed by atoms with van der Waals surface area (Å²) in [7, 11) is 0. The summed E-state index contributed by atoms with van der Waals surface area (Å²) in [5.41, 5.74) is 0.549. The van der Waals surface area contributed by atoms with Crippen molar-refractivity contribution in [3.8, 4) is 11.5 Å². The Morgan fingerprint density at radius 1 is 1.12 bits per heavy atom. The number of nitrogens with zero attached hydrogens (tertiary/aromatic N) is 2. The molecule has 1 aromatic heterocycles. The van der Waals surface area contributed by atoms with Crippen LogP contribution in [0.25, 0.3) is 11.5 Å². The van der Waals surface area contributed by atoms with E-state index in [1.807, 2.05) is 30.3 Å². The van der Waals surface area contributed by atoms with Gasteiger partial charge in [0.1, 0.15) is 0 Å². The van der Waals surface area contributed by atoms with Crippen molar-refractivity contribution < 1.29 is 9.21 Å². The van der Waals surface area contributed by atoms with Gasteiger partial charge in [0.15, 0.2) is 0 Å². The Morgan fingerprint density at radius 2 is 1.92 bits per heavy atom. The highest BCUT2D eigenvalue weighted by Gasteiger charge is 2.14. The van der Waals surface area contributed by atoms with Crippen LogP contribution in [-0.2, 0) is 4.79 Å². The van der Waals surface area contributed by atoms with E-state index in [2.05, 4.69) is 15.5 Å². The molecule has 3 aromatic rings. The van der Waals surface area contributed by atoms with Gasteiger partial charge in [-0.25, -0.2) is 0 Å². The molecular weight excluding hydrogens is 369 g/mol. The first-order chi connectivity index (χ1) is 11.6. The van der Waals surface area contributed by atoms with Crippen LogP contribution in [0, 0.1) is 0 Å². The van der Waals surface area contributed by atoms with E-state index in [1.165, 1.54) is 11.8 Å². The number of carbonyl (C=O) groups excluding carboxylic acids is 1. The number of benzene rings is 2. The molecule has 0 aliphatic heterocycles. The van der Waals surface area contributed by atoms with Crippen molar-refractivity contribution in [1.29, 1.82) is 0 Å². The van der Waals surface area contributed by atoms with Crippen LogP contribution < -0.4 is 5.32 Å². The highest BCUT2D eigenvalue weighted by Crippen LogP contribution is 2.30. The van der Waals surface area contributed by atoms with Gasteiger partial charge in [0, 0.05) is 9.92 Å². The summed E-state index contributed by atoms with van der Waals surface area (Å²) in [4.78, 5) is 12.9. The van der Waals surface area contributed by atoms with Crippen LogP contribution in [0.2, 0.25) is 10.0 Å². The maximum atomic E-state index is 11.9. The molecular formula is C16H11Cl2N3O2S. The molecule has 1 N–H and O–H groups in total. The van der Waals surface area contributed by atoms with Crippen molar-refractivity contribution in [1.82, 2.24) is 10.2 Å². The van der Waals surface area contributed by atoms with E-state index < -0.39 is 0 Å². The molecule has 0 aliphatic carbocycles. The van der Waals surface area contributed by atoms with E-state index in [0.29, 0.717) is 15.6 Å². The van der Waals surface area contributed by atoms with Crippen LogP contribution in [-0.4, -0.2) is 21.9 Å². The minimum absolute atomic E-state index is 0.0229. The minimum Gasteiger partial charge on any atom is -0.403 e. The first kappa shape index (κ1) is 16.8. The second kappa shape index (κ2) is 7.70. The summed E-state index contributed by atoms with van der Waals surface area (Å²) < 4.78 is 5.42. The molecule has 1 amide bonds. The predicted octanol–water partition coefficient (Wildman–Crippen LogP) is 4.77. The molecule has 122 valence electrons. The lowest BCUT2D eigenvalue weighted by molar-refractivity contribution is -0.113. The smallest absolute Gasteiger partial charge is 0.322 e. The molecule has 0 spiro atoms. The Hall–Kier alpha value is -2.02. The van der Waals surface area contributed by atoms with Gasteiger partial charge >= 0.3 is 6.01 Å². The van der Waals surface area contributed by atoms with Gasteiger partial charge < -0.3 is 4.42 Å². The standard InChI is InChI=1S/C16H11Cl2N3O2S/c17-10-6-7-12(13(18)8-10)15-20-21-16(23-15)19-14(22)9-24-11-4-2-1-3-5-11/h1-8H,9H2,(H,19,21,22). The van der Waals surface area contributed by atoms with Crippen LogP contribution in [0.5, 0.6) is 0 Å². The summed E-state index contributed by atoms with van der Waals surface area (Å²) in [6.45, 7) is 0. The van der Waals surface area contributed by atoms with Crippen LogP contribution in [0.1, 0.15) is 0 Å². The monoisotopic (exact) mass is 379 g/mol. The lowest BCUT2D eigenvalue weighted by Gasteiger charge is -2.01. The predicted molar refractivity (Wildman–Crippen MR) is 95.5 cm³/mol. The van der Waals surface area contributed by atoms with E-state index in [-0.39, 0.29) is 23.6 Å². The van der Waals surface area contributed by atoms with E-state index in [1.54, 1.807) is 18.2 Å². The number of carbonyl (C=O) groups is 1. The Bertz CT molecular complexity index is 856. The molecule has 0 saturated carbocycles. The summed E-state index contributed by atoms with van der Waals surface area (Å²) in [5, 5.41) is 11.1. The Morgan fingerprint density at radius 3 is 2.67 bits per heavy atom. The fraction of sp³-hybridized carbons (Fsp3) is 0.0625. The summed E-state index contributed by atoms with van der Waals surface area (Å²) in [5.74, 6) is 0.215. The number of amides is 1. The molecule has 0 fully saturated rings. The second-order valence-electron chi connectivity index (χ2n) is 4.69. The van der Waals surface area contributed by atoms with Crippen LogP contribution in [0.3, 0.4) is 0 Å². The zero-order valence-electron chi connectivity index (χ0n) is 12.2. The maximum Gasteiger partial charge on any atom is 0.322 e. The Labute approximate surface area is 152 Å². The molecule has 0 aliphatic rings. The summed E-state index contributed by atoms with van der Waals surface area (Å²) in [6.07, 6.45) is 0. The molecule has 5 nitrogen and oxygen atoms in total. The topological polar surface area (TPSA) is 68.0 Å². The van der Waals surface area contributed by atoms with Crippen molar-refractivity contribution in [2.24, 2.45) is 0 Å². The molecule has 0 saturated heterocycles. The van der Waals surface area contributed by atoms with Gasteiger partial charge in [-0.1, -0.05) is 46.5 Å². The first-order valence-corrected chi connectivity index (χ1v) is 8.62. The van der Waals surface area contributed by atoms with Crippen LogP contribution in [0.15, 0.2) is 57.8 Å². The number of nitrogens with one attached hydrogen (secondary N) is 1. The van der Waals surface area contributed by atoms with Gasteiger partial charge in [-0.15, -0.1) is 16.9 Å². The Kier molecular flexibility index (Phi) is 5.40. The molecule has 0 unspecified atom stereocenters. The minimum atomic E-state index is -0.235. The third kappa shape index (κ3) is 4.29. The van der Waals surface area contributed by atoms with Crippen LogP contribution in [0.4, 0.5) is 6.01 Å². The van der Waals surface area contributed by atoms with Gasteiger partial charge in [-0.2, -0.15) is 0 Å². The van der Waals surface area contributed by atoms with Crippen molar-refractivity contribution in [3.05, 3.63) is 58.6 Å². The van der Waals surface area contributed by atoms with Gasteiger partial charge in [-0.05, 0) is 30.3 Å². The fourth-order valence-electron chi connectivity index (χ4n) is 1.87. The number of anilines is 1. The molecule has 0 bridgehead atoms. The quantitative estimate of drug-likeness (QED) is 0.646. The molecule has 2 aromatic carbocycles. The SMILES string of the molecule is O=C(CSc1ccccc1)Nc1nnc(-c2ccc(Cl)cc2Cl)o1. The molecule has 8 heteroatoms. The highest BCUT2D eigenvalue weighted by atomic mass is 35.5. The number of hydrogen-bond acceptors (Lipinski definition) is 5. The molecule has 3 rings (SSSR count). The second-order valence-corrected chi connectivity index (χ2v) is 6.58. The number of hydrogen-bond donors (Lipinski definition) is 1. The van der Waals surface area contributed by atoms with Gasteiger partial charge in [-0.3, -0.25) is 10.1 Å². The fourth-order valence-corrected chi connectivity index (χ4v) is 3.08. The number of thioether (sulfide) groups is 1. The van der Waals surface area contributed by atoms with E-state index >= 15 is 0 Å². The van der Waals surface area contributed by atoms with Gasteiger partial charge in [0.05, 0.1) is 16.3 Å². The maximum absolute atomic E-state index is 11.9. The van der Waals surface area contributed by atoms with Crippen molar-refractivity contribution in [2.45, 2.75) is 4.90 Å². The number of aromatic nitrogens is 2. The average Bonchev–Trinajstić information content (AvgIpc) is 3.02. The van der Waals surface area contributed by atoms with Crippen molar-refractivity contribution in [2.75, 3.05) is 11.1 Å². The normalized spacial score (nSPS) is 10.6. The summed E-state index contributed by atoms with van der Waals surface area (Å²) in [6, 6.07) is 14.6. The van der Waals surface area contributed by atoms with E-state index in [9.17, 15) is 4.79 Å². The van der Waals surface area contributed by atoms with E-state index in [4.69, 9.17) is 27.6 Å². The number of halogens is 2. The largest absolute Gasteiger partial charge is 0.403 e. The van der Waals surface area contributed by atoms with Gasteiger partial charge in [0.2, 0.25) is 5.91 Å². The lowest BCUT2D eigenvalue weighted by atomic mass is 10.2. The van der Waals surface area contributed by atoms with Crippen molar-refractivity contribution >= 4 is 46.9 Å².